The topological polar surface area (TPSA) is 86.8 Å². The molecule has 5 aromatic rings. The first-order valence-electron chi connectivity index (χ1n) is 8.69. The van der Waals surface area contributed by atoms with Crippen molar-refractivity contribution in [2.45, 2.75) is 0 Å². The van der Waals surface area contributed by atoms with Gasteiger partial charge in [0.2, 0.25) is 0 Å². The van der Waals surface area contributed by atoms with Crippen LogP contribution in [-0.2, 0) is 0 Å². The van der Waals surface area contributed by atoms with Crippen LogP contribution in [-0.4, -0.2) is 19.4 Å². The van der Waals surface area contributed by atoms with E-state index in [2.05, 4.69) is 16.0 Å². The smallest absolute Gasteiger partial charge is 0.191 e. The minimum atomic E-state index is -0.0939. The highest BCUT2D eigenvalue weighted by molar-refractivity contribution is 5.90. The second-order valence-electron chi connectivity index (χ2n) is 6.43. The highest BCUT2D eigenvalue weighted by Crippen LogP contribution is 2.32. The Balaban J connectivity index is 1.85. The van der Waals surface area contributed by atoms with Gasteiger partial charge in [0.25, 0.3) is 0 Å². The fourth-order valence-electron chi connectivity index (χ4n) is 3.35. The van der Waals surface area contributed by atoms with E-state index in [-0.39, 0.29) is 5.43 Å². The Hall–Kier alpha value is -4.24. The summed E-state index contributed by atoms with van der Waals surface area (Å²) in [6.45, 7) is 0. The van der Waals surface area contributed by atoms with Gasteiger partial charge in [-0.15, -0.1) is 0 Å². The number of benzene rings is 1. The van der Waals surface area contributed by atoms with Gasteiger partial charge in [-0.25, -0.2) is 9.97 Å². The van der Waals surface area contributed by atoms with E-state index in [4.69, 9.17) is 4.98 Å². The second-order valence-corrected chi connectivity index (χ2v) is 6.43. The summed E-state index contributed by atoms with van der Waals surface area (Å²) in [4.78, 5) is 24.4. The maximum atomic E-state index is 12.4. The molecule has 6 nitrogen and oxygen atoms in total. The van der Waals surface area contributed by atoms with Crippen molar-refractivity contribution in [1.29, 1.82) is 5.26 Å². The first kappa shape index (κ1) is 16.0. The van der Waals surface area contributed by atoms with Crippen molar-refractivity contribution in [2.75, 3.05) is 0 Å². The second kappa shape index (κ2) is 6.18. The average Bonchev–Trinajstić information content (AvgIpc) is 3.21. The minimum Gasteiger partial charge on any atom is -0.346 e. The normalized spacial score (nSPS) is 11.0. The Morgan fingerprint density at radius 2 is 2.00 bits per heavy atom. The van der Waals surface area contributed by atoms with Crippen molar-refractivity contribution in [3.8, 4) is 28.5 Å². The number of aromatic amines is 1. The number of hydrogen-bond acceptors (Lipinski definition) is 4. The van der Waals surface area contributed by atoms with Crippen molar-refractivity contribution in [1.82, 2.24) is 19.4 Å². The first-order valence-corrected chi connectivity index (χ1v) is 8.69. The third kappa shape index (κ3) is 2.54. The Bertz CT molecular complexity index is 1460. The van der Waals surface area contributed by atoms with Crippen molar-refractivity contribution in [3.63, 3.8) is 0 Å². The molecule has 0 fully saturated rings. The number of fused-ring (bicyclic) bond motifs is 2. The molecule has 4 aromatic heterocycles. The molecule has 0 saturated heterocycles. The number of pyridine rings is 3. The van der Waals surface area contributed by atoms with Gasteiger partial charge in [-0.1, -0.05) is 12.1 Å². The number of imidazole rings is 1. The van der Waals surface area contributed by atoms with Gasteiger partial charge in [0.1, 0.15) is 11.3 Å². The van der Waals surface area contributed by atoms with Crippen LogP contribution in [0.15, 0.2) is 78.1 Å². The summed E-state index contributed by atoms with van der Waals surface area (Å²) in [5.74, 6) is 0. The molecule has 0 amide bonds. The van der Waals surface area contributed by atoms with Gasteiger partial charge in [-0.3, -0.25) is 4.79 Å². The fourth-order valence-corrected chi connectivity index (χ4v) is 3.35. The zero-order valence-corrected chi connectivity index (χ0v) is 14.6. The number of rotatable bonds is 2. The number of nitrogens with zero attached hydrogens (tertiary/aromatic N) is 4. The summed E-state index contributed by atoms with van der Waals surface area (Å²) in [6.07, 6.45) is 7.15. The van der Waals surface area contributed by atoms with Crippen LogP contribution >= 0.6 is 0 Å². The summed E-state index contributed by atoms with van der Waals surface area (Å²) in [5, 5.41) is 9.79. The molecule has 0 bridgehead atoms. The highest BCUT2D eigenvalue weighted by atomic mass is 16.1. The van der Waals surface area contributed by atoms with Crippen LogP contribution in [0.25, 0.3) is 39.1 Å². The molecule has 4 heterocycles. The summed E-state index contributed by atoms with van der Waals surface area (Å²) in [5.41, 5.74) is 5.04. The lowest BCUT2D eigenvalue weighted by Crippen LogP contribution is -2.03. The van der Waals surface area contributed by atoms with Gasteiger partial charge in [-0.2, -0.15) is 5.26 Å². The van der Waals surface area contributed by atoms with E-state index in [1.165, 1.54) is 6.07 Å². The zero-order valence-electron chi connectivity index (χ0n) is 14.6. The molecule has 28 heavy (non-hydrogen) atoms. The molecule has 0 aliphatic carbocycles. The molecule has 0 radical (unpaired) electrons. The monoisotopic (exact) mass is 363 g/mol. The largest absolute Gasteiger partial charge is 0.346 e. The van der Waals surface area contributed by atoms with Gasteiger partial charge in [0.15, 0.2) is 5.43 Å². The minimum absolute atomic E-state index is 0.0939. The molecule has 0 aliphatic heterocycles. The molecule has 0 saturated carbocycles. The van der Waals surface area contributed by atoms with Crippen molar-refractivity contribution < 1.29 is 0 Å². The van der Waals surface area contributed by atoms with Crippen LogP contribution in [0.2, 0.25) is 0 Å². The summed E-state index contributed by atoms with van der Waals surface area (Å²) in [7, 11) is 0. The van der Waals surface area contributed by atoms with E-state index in [1.807, 2.05) is 47.1 Å². The molecular weight excluding hydrogens is 350 g/mol. The lowest BCUT2D eigenvalue weighted by molar-refractivity contribution is 1.19. The lowest BCUT2D eigenvalue weighted by Gasteiger charge is -2.12. The molecule has 0 aliphatic rings. The number of H-pyrrole nitrogens is 1. The number of nitrogens with one attached hydrogen (secondary N) is 1. The molecule has 5 rings (SSSR count). The van der Waals surface area contributed by atoms with Crippen molar-refractivity contribution in [3.05, 3.63) is 89.1 Å². The average molecular weight is 363 g/mol. The standard InChI is InChI=1S/C22H13N5O/c23-12-14-2-1-3-15(10-14)21-17(11-18-19(28)6-7-25-22(18)26-21)16-4-5-20-24-8-9-27(20)13-16/h1-11,13H,(H,25,26,28). The maximum Gasteiger partial charge on any atom is 0.191 e. The van der Waals surface area contributed by atoms with E-state index in [0.29, 0.717) is 22.3 Å². The van der Waals surface area contributed by atoms with Gasteiger partial charge in [0, 0.05) is 47.5 Å². The van der Waals surface area contributed by atoms with E-state index in [9.17, 15) is 10.1 Å². The molecule has 0 spiro atoms. The van der Waals surface area contributed by atoms with Crippen molar-refractivity contribution >= 4 is 16.7 Å². The summed E-state index contributed by atoms with van der Waals surface area (Å²) in [6, 6.07) is 16.7. The van der Waals surface area contributed by atoms with Crippen LogP contribution in [0.4, 0.5) is 0 Å². The predicted molar refractivity (Wildman–Crippen MR) is 107 cm³/mol. The Kier molecular flexibility index (Phi) is 3.53. The summed E-state index contributed by atoms with van der Waals surface area (Å²) >= 11 is 0. The van der Waals surface area contributed by atoms with Crippen LogP contribution in [0, 0.1) is 11.3 Å². The number of nitriles is 1. The van der Waals surface area contributed by atoms with Gasteiger partial charge < -0.3 is 9.38 Å². The Morgan fingerprint density at radius 3 is 2.89 bits per heavy atom. The van der Waals surface area contributed by atoms with Crippen LogP contribution < -0.4 is 5.43 Å². The molecule has 6 heteroatoms. The van der Waals surface area contributed by atoms with E-state index < -0.39 is 0 Å². The Morgan fingerprint density at radius 1 is 1.07 bits per heavy atom. The number of aromatic nitrogens is 4. The first-order chi connectivity index (χ1) is 13.7. The lowest BCUT2D eigenvalue weighted by atomic mass is 9.98. The molecule has 132 valence electrons. The molecule has 0 atom stereocenters. The van der Waals surface area contributed by atoms with Gasteiger partial charge in [0.05, 0.1) is 22.7 Å². The predicted octanol–water partition coefficient (Wildman–Crippen LogP) is 3.78. The third-order valence-corrected chi connectivity index (χ3v) is 4.71. The van der Waals surface area contributed by atoms with Crippen LogP contribution in [0.1, 0.15) is 5.56 Å². The van der Waals surface area contributed by atoms with Crippen LogP contribution in [0.5, 0.6) is 0 Å². The highest BCUT2D eigenvalue weighted by Gasteiger charge is 2.14. The molecule has 0 unspecified atom stereocenters. The third-order valence-electron chi connectivity index (χ3n) is 4.71. The zero-order chi connectivity index (χ0) is 19.1. The summed E-state index contributed by atoms with van der Waals surface area (Å²) < 4.78 is 1.92. The van der Waals surface area contributed by atoms with Crippen LogP contribution in [0.3, 0.4) is 0 Å². The van der Waals surface area contributed by atoms with E-state index in [1.54, 1.807) is 24.5 Å². The Labute approximate surface area is 159 Å². The SMILES string of the molecule is N#Cc1cccc(-c2nc3[nH]ccc(=O)c3cc2-c2ccc3nccn3c2)c1. The molecule has 1 aromatic carbocycles. The van der Waals surface area contributed by atoms with E-state index >= 15 is 0 Å². The molecule has 1 N–H and O–H groups in total. The quantitative estimate of drug-likeness (QED) is 0.517. The maximum absolute atomic E-state index is 12.4. The van der Waals surface area contributed by atoms with Crippen molar-refractivity contribution in [2.24, 2.45) is 0 Å². The molecular formula is C22H13N5O. The number of hydrogen-bond donors (Lipinski definition) is 1. The fraction of sp³-hybridized carbons (Fsp3) is 0. The van der Waals surface area contributed by atoms with Gasteiger partial charge >= 0.3 is 0 Å². The van der Waals surface area contributed by atoms with Gasteiger partial charge in [-0.05, 0) is 30.3 Å². The van der Waals surface area contributed by atoms with E-state index in [0.717, 1.165) is 22.3 Å².